The fourth-order valence-corrected chi connectivity index (χ4v) is 3.95. The van der Waals surface area contributed by atoms with Gasteiger partial charge in [-0.3, -0.25) is 4.79 Å². The Labute approximate surface area is 100 Å². The molecule has 0 spiro atoms. The molecule has 1 aliphatic heterocycles. The van der Waals surface area contributed by atoms with Gasteiger partial charge in [-0.1, -0.05) is 0 Å². The zero-order valence-electron chi connectivity index (χ0n) is 9.31. The second-order valence-corrected chi connectivity index (χ2v) is 7.42. The highest BCUT2D eigenvalue weighted by Gasteiger charge is 2.28. The van der Waals surface area contributed by atoms with Crippen LogP contribution in [0.2, 0.25) is 0 Å². The summed E-state index contributed by atoms with van der Waals surface area (Å²) in [6.07, 6.45) is 0.534. The van der Waals surface area contributed by atoms with Gasteiger partial charge in [0.25, 0.3) is 0 Å². The Hall–Kier alpha value is -0.270. The number of rotatable bonds is 5. The molecule has 2 unspecified atom stereocenters. The second kappa shape index (κ2) is 5.88. The molecule has 1 fully saturated rings. The van der Waals surface area contributed by atoms with Crippen LogP contribution in [0, 0.1) is 0 Å². The second-order valence-electron chi connectivity index (χ2n) is 4.16. The lowest BCUT2D eigenvalue weighted by atomic mass is 10.3. The van der Waals surface area contributed by atoms with Crippen molar-refractivity contribution in [2.24, 2.45) is 5.73 Å². The third-order valence-corrected chi connectivity index (χ3v) is 5.21. The molecule has 0 aliphatic carbocycles. The van der Waals surface area contributed by atoms with Crippen molar-refractivity contribution in [3.8, 4) is 0 Å². The Morgan fingerprint density at radius 3 is 2.81 bits per heavy atom. The first kappa shape index (κ1) is 13.8. The minimum Gasteiger partial charge on any atom is -0.352 e. The lowest BCUT2D eigenvalue weighted by Crippen LogP contribution is -2.37. The summed E-state index contributed by atoms with van der Waals surface area (Å²) >= 11 is 1.47. The predicted octanol–water partition coefficient (Wildman–Crippen LogP) is -0.630. The molecule has 0 aromatic heterocycles. The van der Waals surface area contributed by atoms with E-state index >= 15 is 0 Å². The maximum Gasteiger partial charge on any atom is 0.230 e. The quantitative estimate of drug-likeness (QED) is 0.691. The molecule has 5 nitrogen and oxygen atoms in total. The third-order valence-electron chi connectivity index (χ3n) is 2.21. The minimum atomic E-state index is -2.92. The van der Waals surface area contributed by atoms with Gasteiger partial charge in [0.15, 0.2) is 9.84 Å². The summed E-state index contributed by atoms with van der Waals surface area (Å²) in [7, 11) is -2.92. The first-order valence-electron chi connectivity index (χ1n) is 5.22. The van der Waals surface area contributed by atoms with Crippen LogP contribution in [0.1, 0.15) is 13.3 Å². The summed E-state index contributed by atoms with van der Waals surface area (Å²) in [5, 5.41) is 2.73. The molecule has 1 amide bonds. The monoisotopic (exact) mass is 266 g/mol. The highest BCUT2D eigenvalue weighted by Crippen LogP contribution is 2.11. The number of carbonyl (C=O) groups excluding carboxylic acids is 1. The van der Waals surface area contributed by atoms with E-state index < -0.39 is 9.84 Å². The van der Waals surface area contributed by atoms with Crippen LogP contribution in [-0.2, 0) is 14.6 Å². The zero-order chi connectivity index (χ0) is 12.2. The number of nitrogens with one attached hydrogen (secondary N) is 1. The van der Waals surface area contributed by atoms with Crippen LogP contribution in [0.15, 0.2) is 0 Å². The number of nitrogens with two attached hydrogens (primary N) is 1. The average Bonchev–Trinajstić information content (AvgIpc) is 2.44. The minimum absolute atomic E-state index is 0.0738. The van der Waals surface area contributed by atoms with Crippen molar-refractivity contribution in [2.45, 2.75) is 25.4 Å². The number of hydrogen-bond acceptors (Lipinski definition) is 5. The molecule has 3 N–H and O–H groups in total. The van der Waals surface area contributed by atoms with Gasteiger partial charge in [-0.15, -0.1) is 0 Å². The molecular weight excluding hydrogens is 248 g/mol. The maximum absolute atomic E-state index is 11.4. The summed E-state index contributed by atoms with van der Waals surface area (Å²) in [6.45, 7) is 1.88. The molecule has 1 rings (SSSR count). The van der Waals surface area contributed by atoms with Crippen molar-refractivity contribution >= 4 is 27.5 Å². The molecule has 16 heavy (non-hydrogen) atoms. The largest absolute Gasteiger partial charge is 0.352 e. The topological polar surface area (TPSA) is 89.3 Å². The Kier molecular flexibility index (Phi) is 5.07. The molecule has 0 radical (unpaired) electrons. The van der Waals surface area contributed by atoms with E-state index in [0.29, 0.717) is 12.2 Å². The lowest BCUT2D eigenvalue weighted by Gasteiger charge is -2.10. The first-order chi connectivity index (χ1) is 7.39. The van der Waals surface area contributed by atoms with Crippen molar-refractivity contribution in [3.63, 3.8) is 0 Å². The van der Waals surface area contributed by atoms with Gasteiger partial charge >= 0.3 is 0 Å². The fourth-order valence-electron chi connectivity index (χ4n) is 1.52. The van der Waals surface area contributed by atoms with Crippen LogP contribution >= 0.6 is 11.8 Å². The molecule has 1 aliphatic rings. The van der Waals surface area contributed by atoms with Gasteiger partial charge < -0.3 is 11.1 Å². The summed E-state index contributed by atoms with van der Waals surface area (Å²) in [6, 6.07) is -0.127. The molecule has 0 aromatic rings. The SMILES string of the molecule is CC(N)CSCC(=O)NC1CCS(=O)(=O)C1. The van der Waals surface area contributed by atoms with Crippen molar-refractivity contribution < 1.29 is 13.2 Å². The zero-order valence-corrected chi connectivity index (χ0v) is 10.9. The van der Waals surface area contributed by atoms with Gasteiger partial charge in [-0.2, -0.15) is 11.8 Å². The van der Waals surface area contributed by atoms with Crippen LogP contribution in [0.25, 0.3) is 0 Å². The number of amides is 1. The smallest absolute Gasteiger partial charge is 0.230 e. The van der Waals surface area contributed by atoms with Gasteiger partial charge in [-0.05, 0) is 13.3 Å². The van der Waals surface area contributed by atoms with E-state index in [9.17, 15) is 13.2 Å². The number of sulfone groups is 1. The van der Waals surface area contributed by atoms with Crippen molar-refractivity contribution in [2.75, 3.05) is 23.0 Å². The summed E-state index contributed by atoms with van der Waals surface area (Å²) in [5.74, 6) is 1.24. The van der Waals surface area contributed by atoms with Crippen LogP contribution in [0.5, 0.6) is 0 Å². The molecule has 7 heteroatoms. The fraction of sp³-hybridized carbons (Fsp3) is 0.889. The van der Waals surface area contributed by atoms with E-state index in [0.717, 1.165) is 5.75 Å². The highest BCUT2D eigenvalue weighted by molar-refractivity contribution is 8.00. The van der Waals surface area contributed by atoms with Gasteiger partial charge in [0.2, 0.25) is 5.91 Å². The number of carbonyl (C=O) groups is 1. The van der Waals surface area contributed by atoms with Gasteiger partial charge in [0, 0.05) is 17.8 Å². The predicted molar refractivity (Wildman–Crippen MR) is 66.2 cm³/mol. The summed E-state index contributed by atoms with van der Waals surface area (Å²) in [4.78, 5) is 11.4. The van der Waals surface area contributed by atoms with E-state index in [4.69, 9.17) is 5.73 Å². The highest BCUT2D eigenvalue weighted by atomic mass is 32.2. The van der Waals surface area contributed by atoms with Crippen molar-refractivity contribution in [1.29, 1.82) is 0 Å². The molecule has 0 aromatic carbocycles. The van der Waals surface area contributed by atoms with E-state index in [-0.39, 0.29) is 29.5 Å². The molecule has 0 bridgehead atoms. The molecular formula is C9H18N2O3S2. The first-order valence-corrected chi connectivity index (χ1v) is 8.20. The average molecular weight is 266 g/mol. The molecule has 1 heterocycles. The third kappa shape index (κ3) is 5.18. The van der Waals surface area contributed by atoms with Gasteiger partial charge in [0.05, 0.1) is 17.3 Å². The normalized spacial score (nSPS) is 25.2. The van der Waals surface area contributed by atoms with Crippen LogP contribution in [0.4, 0.5) is 0 Å². The number of thioether (sulfide) groups is 1. The number of hydrogen-bond donors (Lipinski definition) is 2. The van der Waals surface area contributed by atoms with Crippen molar-refractivity contribution in [3.05, 3.63) is 0 Å². The Morgan fingerprint density at radius 1 is 1.62 bits per heavy atom. The van der Waals surface area contributed by atoms with E-state index in [2.05, 4.69) is 5.32 Å². The lowest BCUT2D eigenvalue weighted by molar-refractivity contribution is -0.119. The maximum atomic E-state index is 11.4. The Morgan fingerprint density at radius 2 is 2.31 bits per heavy atom. The summed E-state index contributed by atoms with van der Waals surface area (Å²) in [5.41, 5.74) is 5.55. The standard InChI is InChI=1S/C9H18N2O3S2/c1-7(10)4-15-5-9(12)11-8-2-3-16(13,14)6-8/h7-8H,2-6,10H2,1H3,(H,11,12). The van der Waals surface area contributed by atoms with Gasteiger partial charge in [-0.25, -0.2) is 8.42 Å². The van der Waals surface area contributed by atoms with E-state index in [1.807, 2.05) is 6.92 Å². The van der Waals surface area contributed by atoms with Gasteiger partial charge in [0.1, 0.15) is 0 Å². The van der Waals surface area contributed by atoms with Crippen molar-refractivity contribution in [1.82, 2.24) is 5.32 Å². The molecule has 0 saturated carbocycles. The molecule has 2 atom stereocenters. The summed E-state index contributed by atoms with van der Waals surface area (Å²) < 4.78 is 22.3. The van der Waals surface area contributed by atoms with Crippen LogP contribution in [0.3, 0.4) is 0 Å². The Balaban J connectivity index is 2.20. The molecule has 94 valence electrons. The van der Waals surface area contributed by atoms with Crippen LogP contribution in [-0.4, -0.2) is 49.4 Å². The van der Waals surface area contributed by atoms with Crippen LogP contribution < -0.4 is 11.1 Å². The Bertz CT molecular complexity index is 341. The molecule has 1 saturated heterocycles. The van der Waals surface area contributed by atoms with E-state index in [1.54, 1.807) is 0 Å². The van der Waals surface area contributed by atoms with E-state index in [1.165, 1.54) is 11.8 Å².